The Labute approximate surface area is 149 Å². The van der Waals surface area contributed by atoms with Gasteiger partial charge in [-0.25, -0.2) is 0 Å². The summed E-state index contributed by atoms with van der Waals surface area (Å²) in [5.74, 6) is 0.334. The van der Waals surface area contributed by atoms with Gasteiger partial charge in [0.25, 0.3) is 0 Å². The van der Waals surface area contributed by atoms with E-state index in [2.05, 4.69) is 45.3 Å². The molecule has 2 nitrogen and oxygen atoms in total. The van der Waals surface area contributed by atoms with Crippen molar-refractivity contribution >= 4 is 5.78 Å². The minimum Gasteiger partial charge on any atom is -1.00 e. The maximum absolute atomic E-state index is 13.4. The third-order valence-corrected chi connectivity index (χ3v) is 5.44. The minimum atomic E-state index is -0.504. The van der Waals surface area contributed by atoms with Gasteiger partial charge in [-0.1, -0.05) is 60.7 Å². The van der Waals surface area contributed by atoms with E-state index in [9.17, 15) is 4.79 Å². The number of likely N-dealkylation sites (tertiary alicyclic amines) is 1. The van der Waals surface area contributed by atoms with E-state index in [-0.39, 0.29) is 23.0 Å². The van der Waals surface area contributed by atoms with Crippen LogP contribution in [0.4, 0.5) is 0 Å². The van der Waals surface area contributed by atoms with Crippen LogP contribution >= 0.6 is 0 Å². The third kappa shape index (κ3) is 2.88. The molecule has 2 aromatic carbocycles. The van der Waals surface area contributed by atoms with E-state index in [4.69, 9.17) is 0 Å². The predicted octanol–water partition coefficient (Wildman–Crippen LogP) is 0.414. The van der Waals surface area contributed by atoms with Crippen LogP contribution in [0.1, 0.15) is 24.5 Å². The monoisotopic (exact) mass is 373 g/mol. The molecule has 1 atom stereocenters. The van der Waals surface area contributed by atoms with Crippen LogP contribution in [0, 0.1) is 0 Å². The number of likely N-dealkylation sites (N-methyl/N-ethyl adjacent to an activating group) is 1. The number of Topliss-reactive ketones (excluding diaryl/α,β-unsaturated/α-hetero) is 1. The first-order valence-electron chi connectivity index (χ1n) is 7.96. The van der Waals surface area contributed by atoms with Gasteiger partial charge in [-0.2, -0.15) is 0 Å². The van der Waals surface area contributed by atoms with Crippen molar-refractivity contribution in [3.05, 3.63) is 71.8 Å². The lowest BCUT2D eigenvalue weighted by Crippen LogP contribution is -3.00. The normalized spacial score (nSPS) is 22.2. The summed E-state index contributed by atoms with van der Waals surface area (Å²) in [5.41, 5.74) is 1.74. The second-order valence-electron chi connectivity index (χ2n) is 6.93. The Morgan fingerprint density at radius 2 is 1.35 bits per heavy atom. The highest BCUT2D eigenvalue weighted by atomic mass is 79.9. The fourth-order valence-electron chi connectivity index (χ4n) is 3.63. The number of quaternary nitrogens is 1. The van der Waals surface area contributed by atoms with Crippen molar-refractivity contribution in [2.75, 3.05) is 20.6 Å². The first-order chi connectivity index (χ1) is 10.5. The zero-order valence-electron chi connectivity index (χ0n) is 14.0. The van der Waals surface area contributed by atoms with E-state index in [0.29, 0.717) is 5.78 Å². The molecule has 122 valence electrons. The summed E-state index contributed by atoms with van der Waals surface area (Å²) in [5, 5.41) is 0. The van der Waals surface area contributed by atoms with Gasteiger partial charge in [-0.05, 0) is 18.1 Å². The molecular formula is C20H24BrNO. The topological polar surface area (TPSA) is 17.1 Å². The molecule has 0 bridgehead atoms. The second-order valence-corrected chi connectivity index (χ2v) is 6.93. The van der Waals surface area contributed by atoms with Gasteiger partial charge in [0.2, 0.25) is 5.78 Å². The molecule has 23 heavy (non-hydrogen) atoms. The number of hydrogen-bond acceptors (Lipinski definition) is 1. The van der Waals surface area contributed by atoms with Gasteiger partial charge in [0.1, 0.15) is 6.04 Å². The van der Waals surface area contributed by atoms with Crippen LogP contribution in [0.5, 0.6) is 0 Å². The standard InChI is InChI=1S/C20H24NO.BrH/c1-16-19(22)20(14-15-21(16,2)3,17-10-6-4-7-11-17)18-12-8-5-9-13-18;/h4-13,16H,14-15H2,1-3H3;1H/q+1;/p-1. The number of ketones is 1. The van der Waals surface area contributed by atoms with Crippen molar-refractivity contribution in [3.8, 4) is 0 Å². The average Bonchev–Trinajstić information content (AvgIpc) is 2.55. The Morgan fingerprint density at radius 1 is 0.913 bits per heavy atom. The molecule has 2 aromatic rings. The van der Waals surface area contributed by atoms with E-state index in [1.165, 1.54) is 0 Å². The molecule has 1 saturated heterocycles. The lowest BCUT2D eigenvalue weighted by molar-refractivity contribution is -0.907. The van der Waals surface area contributed by atoms with E-state index in [1.54, 1.807) is 0 Å². The summed E-state index contributed by atoms with van der Waals surface area (Å²) < 4.78 is 0.764. The summed E-state index contributed by atoms with van der Waals surface area (Å²) in [4.78, 5) is 13.4. The summed E-state index contributed by atoms with van der Waals surface area (Å²) in [6.07, 6.45) is 0.858. The number of rotatable bonds is 2. The zero-order chi connectivity index (χ0) is 15.8. The SMILES string of the molecule is CC1C(=O)C(c2ccccc2)(c2ccccc2)CC[N+]1(C)C.[Br-]. The predicted molar refractivity (Wildman–Crippen MR) is 89.7 cm³/mol. The van der Waals surface area contributed by atoms with Crippen molar-refractivity contribution in [2.45, 2.75) is 24.8 Å². The lowest BCUT2D eigenvalue weighted by atomic mass is 9.65. The number of halogens is 1. The van der Waals surface area contributed by atoms with Crippen LogP contribution in [-0.4, -0.2) is 36.9 Å². The van der Waals surface area contributed by atoms with E-state index in [0.717, 1.165) is 28.6 Å². The van der Waals surface area contributed by atoms with Crippen LogP contribution in [0.25, 0.3) is 0 Å². The van der Waals surface area contributed by atoms with Gasteiger partial charge in [-0.15, -0.1) is 0 Å². The molecule has 1 unspecified atom stereocenters. The van der Waals surface area contributed by atoms with Gasteiger partial charge >= 0.3 is 0 Å². The highest BCUT2D eigenvalue weighted by Crippen LogP contribution is 2.42. The van der Waals surface area contributed by atoms with E-state index < -0.39 is 5.41 Å². The molecule has 0 N–H and O–H groups in total. The quantitative estimate of drug-likeness (QED) is 0.697. The van der Waals surface area contributed by atoms with Crippen LogP contribution in [0.2, 0.25) is 0 Å². The van der Waals surface area contributed by atoms with Crippen LogP contribution in [0.15, 0.2) is 60.7 Å². The van der Waals surface area contributed by atoms with Crippen molar-refractivity contribution in [1.82, 2.24) is 0 Å². The van der Waals surface area contributed by atoms with Crippen molar-refractivity contribution in [2.24, 2.45) is 0 Å². The lowest BCUT2D eigenvalue weighted by Gasteiger charge is -2.47. The molecule has 0 saturated carbocycles. The molecule has 1 fully saturated rings. The molecule has 1 aliphatic heterocycles. The first-order valence-corrected chi connectivity index (χ1v) is 7.96. The van der Waals surface area contributed by atoms with Crippen LogP contribution in [-0.2, 0) is 10.2 Å². The third-order valence-electron chi connectivity index (χ3n) is 5.44. The largest absolute Gasteiger partial charge is 1.00 e. The van der Waals surface area contributed by atoms with Crippen molar-refractivity contribution in [1.29, 1.82) is 0 Å². The number of benzene rings is 2. The number of carbonyl (C=O) groups excluding carboxylic acids is 1. The van der Waals surface area contributed by atoms with E-state index in [1.807, 2.05) is 36.4 Å². The van der Waals surface area contributed by atoms with Gasteiger partial charge < -0.3 is 21.5 Å². The molecule has 0 aromatic heterocycles. The zero-order valence-corrected chi connectivity index (χ0v) is 15.6. The Morgan fingerprint density at radius 3 is 1.78 bits per heavy atom. The molecule has 0 spiro atoms. The Kier molecular flexibility index (Phi) is 5.12. The van der Waals surface area contributed by atoms with Gasteiger partial charge in [-0.3, -0.25) is 4.79 Å². The highest BCUT2D eigenvalue weighted by Gasteiger charge is 2.52. The Balaban J connectivity index is 0.00000192. The molecule has 0 aliphatic carbocycles. The van der Waals surface area contributed by atoms with Gasteiger partial charge in [0.15, 0.2) is 0 Å². The summed E-state index contributed by atoms with van der Waals surface area (Å²) in [7, 11) is 4.31. The molecule has 3 rings (SSSR count). The molecule has 1 heterocycles. The second kappa shape index (κ2) is 6.58. The van der Waals surface area contributed by atoms with Crippen molar-refractivity contribution in [3.63, 3.8) is 0 Å². The highest BCUT2D eigenvalue weighted by molar-refractivity contribution is 5.97. The number of carbonyl (C=O) groups is 1. The molecule has 3 heteroatoms. The summed E-state index contributed by atoms with van der Waals surface area (Å²) >= 11 is 0. The van der Waals surface area contributed by atoms with Crippen LogP contribution in [0.3, 0.4) is 0 Å². The van der Waals surface area contributed by atoms with Gasteiger partial charge in [0, 0.05) is 6.42 Å². The van der Waals surface area contributed by atoms with Gasteiger partial charge in [0.05, 0.1) is 26.1 Å². The first kappa shape index (κ1) is 17.9. The Bertz CT molecular complexity index is 627. The maximum atomic E-state index is 13.4. The molecular weight excluding hydrogens is 350 g/mol. The number of piperidine rings is 1. The fraction of sp³-hybridized carbons (Fsp3) is 0.350. The average molecular weight is 374 g/mol. The fourth-order valence-corrected chi connectivity index (χ4v) is 3.63. The number of nitrogens with zero attached hydrogens (tertiary/aromatic N) is 1. The van der Waals surface area contributed by atoms with E-state index >= 15 is 0 Å². The maximum Gasteiger partial charge on any atom is 0.204 e. The van der Waals surface area contributed by atoms with Crippen molar-refractivity contribution < 1.29 is 26.3 Å². The summed E-state index contributed by atoms with van der Waals surface area (Å²) in [6.45, 7) is 3.07. The summed E-state index contributed by atoms with van der Waals surface area (Å²) in [6, 6.07) is 20.6. The number of hydrogen-bond donors (Lipinski definition) is 0. The molecule has 0 amide bonds. The molecule has 0 radical (unpaired) electrons. The smallest absolute Gasteiger partial charge is 0.204 e. The molecule has 1 aliphatic rings. The minimum absolute atomic E-state index is 0. The van der Waals surface area contributed by atoms with Crippen LogP contribution < -0.4 is 17.0 Å². The Hall–Kier alpha value is -1.45.